The van der Waals surface area contributed by atoms with E-state index in [-0.39, 0.29) is 0 Å². The van der Waals surface area contributed by atoms with Crippen molar-refractivity contribution in [3.8, 4) is 33.6 Å². The summed E-state index contributed by atoms with van der Waals surface area (Å²) in [5.74, 6) is 0. The third-order valence-corrected chi connectivity index (χ3v) is 4.99. The zero-order valence-electron chi connectivity index (χ0n) is 16.3. The Kier molecular flexibility index (Phi) is 5.40. The fourth-order valence-corrected chi connectivity index (χ4v) is 3.71. The predicted octanol–water partition coefficient (Wildman–Crippen LogP) is 7.77. The van der Waals surface area contributed by atoms with E-state index in [1.165, 1.54) is 5.56 Å². The van der Waals surface area contributed by atoms with Gasteiger partial charge in [-0.2, -0.15) is 0 Å². The molecule has 0 aliphatic heterocycles. The number of allylic oxidation sites excluding steroid dienone is 4. The molecule has 4 aromatic rings. The number of aromatic nitrogens is 1. The van der Waals surface area contributed by atoms with Crippen LogP contribution in [-0.2, 0) is 0 Å². The lowest BCUT2D eigenvalue weighted by molar-refractivity contribution is 1.39. The molecule has 1 heteroatoms. The van der Waals surface area contributed by atoms with Crippen molar-refractivity contribution in [2.75, 3.05) is 0 Å². The monoisotopic (exact) mass is 373 g/mol. The van der Waals surface area contributed by atoms with Gasteiger partial charge in [0.15, 0.2) is 0 Å². The van der Waals surface area contributed by atoms with Crippen LogP contribution < -0.4 is 0 Å². The highest BCUT2D eigenvalue weighted by Crippen LogP contribution is 2.44. The van der Waals surface area contributed by atoms with Gasteiger partial charge in [0.1, 0.15) is 0 Å². The highest BCUT2D eigenvalue weighted by molar-refractivity contribution is 6.00. The van der Waals surface area contributed by atoms with Crippen LogP contribution in [0.1, 0.15) is 5.56 Å². The van der Waals surface area contributed by atoms with E-state index in [9.17, 15) is 0 Å². The normalized spacial score (nSPS) is 11.2. The average Bonchev–Trinajstić information content (AvgIpc) is 3.19. The van der Waals surface area contributed by atoms with E-state index < -0.39 is 0 Å². The van der Waals surface area contributed by atoms with Crippen LogP contribution >= 0.6 is 0 Å². The number of nitrogens with one attached hydrogen (secondary N) is 1. The first kappa shape index (κ1) is 18.5. The standard InChI is InChI=1S/C28H23N/c1-3-14-21(4-2)25-26(22-15-8-5-9-16-22)28(24-19-12-7-13-20-24)29-27(25)23-17-10-6-11-18-23/h3-20,29H,1-2H2/b21-14+. The van der Waals surface area contributed by atoms with Gasteiger partial charge in [0.05, 0.1) is 11.4 Å². The van der Waals surface area contributed by atoms with Gasteiger partial charge in [-0.25, -0.2) is 0 Å². The first-order valence-corrected chi connectivity index (χ1v) is 9.71. The van der Waals surface area contributed by atoms with Crippen LogP contribution in [0.5, 0.6) is 0 Å². The molecule has 0 aliphatic carbocycles. The lowest BCUT2D eigenvalue weighted by atomic mass is 9.91. The maximum atomic E-state index is 4.08. The summed E-state index contributed by atoms with van der Waals surface area (Å²) in [5, 5.41) is 0. The molecule has 1 aromatic heterocycles. The van der Waals surface area contributed by atoms with Crippen molar-refractivity contribution < 1.29 is 0 Å². The van der Waals surface area contributed by atoms with Crippen LogP contribution in [0, 0.1) is 0 Å². The number of aromatic amines is 1. The molecule has 0 fully saturated rings. The lowest BCUT2D eigenvalue weighted by Crippen LogP contribution is -1.88. The average molecular weight is 373 g/mol. The Balaban J connectivity index is 2.13. The molecular formula is C28H23N. The topological polar surface area (TPSA) is 15.8 Å². The van der Waals surface area contributed by atoms with E-state index >= 15 is 0 Å². The summed E-state index contributed by atoms with van der Waals surface area (Å²) >= 11 is 0. The van der Waals surface area contributed by atoms with Gasteiger partial charge < -0.3 is 4.98 Å². The molecule has 0 amide bonds. The van der Waals surface area contributed by atoms with Gasteiger partial charge in [0.25, 0.3) is 0 Å². The highest BCUT2D eigenvalue weighted by atomic mass is 14.7. The molecule has 1 N–H and O–H groups in total. The number of hydrogen-bond donors (Lipinski definition) is 1. The summed E-state index contributed by atoms with van der Waals surface area (Å²) in [6.07, 6.45) is 5.73. The van der Waals surface area contributed by atoms with E-state index in [1.54, 1.807) is 0 Å². The molecule has 0 radical (unpaired) electrons. The molecule has 0 spiro atoms. The second kappa shape index (κ2) is 8.45. The fraction of sp³-hybridized carbons (Fsp3) is 0. The van der Waals surface area contributed by atoms with Crippen molar-refractivity contribution in [3.05, 3.63) is 128 Å². The Morgan fingerprint density at radius 2 is 1.10 bits per heavy atom. The van der Waals surface area contributed by atoms with E-state index in [4.69, 9.17) is 0 Å². The molecule has 140 valence electrons. The van der Waals surface area contributed by atoms with Crippen molar-refractivity contribution in [1.29, 1.82) is 0 Å². The molecule has 0 saturated heterocycles. The number of hydrogen-bond acceptors (Lipinski definition) is 0. The van der Waals surface area contributed by atoms with E-state index in [1.807, 2.05) is 36.4 Å². The molecule has 1 heterocycles. The second-order valence-corrected chi connectivity index (χ2v) is 6.78. The summed E-state index contributed by atoms with van der Waals surface area (Å²) < 4.78 is 0. The Bertz CT molecular complexity index is 1150. The van der Waals surface area contributed by atoms with Gasteiger partial charge in [0, 0.05) is 11.1 Å². The van der Waals surface area contributed by atoms with E-state index in [2.05, 4.69) is 90.9 Å². The van der Waals surface area contributed by atoms with Gasteiger partial charge in [-0.05, 0) is 22.3 Å². The molecule has 3 aromatic carbocycles. The molecule has 0 saturated carbocycles. The summed E-state index contributed by atoms with van der Waals surface area (Å²) in [5.41, 5.74) is 8.97. The number of H-pyrrole nitrogens is 1. The lowest BCUT2D eigenvalue weighted by Gasteiger charge is -2.11. The third-order valence-electron chi connectivity index (χ3n) is 4.99. The molecular weight excluding hydrogens is 350 g/mol. The van der Waals surface area contributed by atoms with Crippen molar-refractivity contribution in [3.63, 3.8) is 0 Å². The van der Waals surface area contributed by atoms with Crippen LogP contribution in [0.2, 0.25) is 0 Å². The van der Waals surface area contributed by atoms with Crippen LogP contribution in [0.3, 0.4) is 0 Å². The Morgan fingerprint density at radius 3 is 1.59 bits per heavy atom. The smallest absolute Gasteiger partial charge is 0.0544 e. The van der Waals surface area contributed by atoms with Crippen molar-refractivity contribution >= 4 is 5.57 Å². The van der Waals surface area contributed by atoms with Gasteiger partial charge in [-0.1, -0.05) is 122 Å². The van der Waals surface area contributed by atoms with Crippen LogP contribution in [0.15, 0.2) is 122 Å². The fourth-order valence-electron chi connectivity index (χ4n) is 3.71. The maximum Gasteiger partial charge on any atom is 0.0544 e. The number of benzene rings is 3. The Morgan fingerprint density at radius 1 is 0.621 bits per heavy atom. The first-order chi connectivity index (χ1) is 14.3. The molecule has 0 aliphatic rings. The summed E-state index contributed by atoms with van der Waals surface area (Å²) in [4.78, 5) is 3.73. The zero-order valence-corrected chi connectivity index (χ0v) is 16.3. The van der Waals surface area contributed by atoms with Crippen molar-refractivity contribution in [2.45, 2.75) is 0 Å². The van der Waals surface area contributed by atoms with Gasteiger partial charge >= 0.3 is 0 Å². The quantitative estimate of drug-likeness (QED) is 0.332. The zero-order chi connectivity index (χ0) is 20.1. The minimum absolute atomic E-state index is 1.04. The predicted molar refractivity (Wildman–Crippen MR) is 125 cm³/mol. The van der Waals surface area contributed by atoms with Crippen molar-refractivity contribution in [1.82, 2.24) is 4.98 Å². The highest BCUT2D eigenvalue weighted by Gasteiger charge is 2.22. The van der Waals surface area contributed by atoms with Gasteiger partial charge in [-0.3, -0.25) is 0 Å². The summed E-state index contributed by atoms with van der Waals surface area (Å²) in [7, 11) is 0. The minimum Gasteiger partial charge on any atom is -0.353 e. The second-order valence-electron chi connectivity index (χ2n) is 6.78. The molecule has 4 rings (SSSR count). The van der Waals surface area contributed by atoms with Crippen LogP contribution in [-0.4, -0.2) is 4.98 Å². The Labute approximate surface area is 172 Å². The number of rotatable bonds is 6. The molecule has 29 heavy (non-hydrogen) atoms. The minimum atomic E-state index is 1.04. The van der Waals surface area contributed by atoms with E-state index in [0.717, 1.165) is 39.2 Å². The van der Waals surface area contributed by atoms with Crippen LogP contribution in [0.25, 0.3) is 39.2 Å². The largest absolute Gasteiger partial charge is 0.353 e. The van der Waals surface area contributed by atoms with Crippen LogP contribution in [0.4, 0.5) is 0 Å². The molecule has 0 atom stereocenters. The van der Waals surface area contributed by atoms with E-state index in [0.29, 0.717) is 0 Å². The van der Waals surface area contributed by atoms with Gasteiger partial charge in [0.2, 0.25) is 0 Å². The SMILES string of the molecule is C=C/C=C(\C=C)c1c(-c2ccccc2)[nH]c(-c2ccccc2)c1-c1ccccc1. The summed E-state index contributed by atoms with van der Waals surface area (Å²) in [6.45, 7) is 7.99. The maximum absolute atomic E-state index is 4.08. The molecule has 0 bridgehead atoms. The summed E-state index contributed by atoms with van der Waals surface area (Å²) in [6, 6.07) is 31.4. The van der Waals surface area contributed by atoms with Crippen molar-refractivity contribution in [2.24, 2.45) is 0 Å². The first-order valence-electron chi connectivity index (χ1n) is 9.71. The molecule has 0 unspecified atom stereocenters. The van der Waals surface area contributed by atoms with Gasteiger partial charge in [-0.15, -0.1) is 0 Å². The Hall–Kier alpha value is -3.84. The molecule has 1 nitrogen and oxygen atoms in total. The third kappa shape index (κ3) is 3.63.